The highest BCUT2D eigenvalue weighted by Gasteiger charge is 2.36. The highest BCUT2D eigenvalue weighted by molar-refractivity contribution is 7.89. The van der Waals surface area contributed by atoms with Crippen LogP contribution in [-0.4, -0.2) is 60.1 Å². The molecule has 0 spiro atoms. The molecular formula is C36H47F2N3O5S. The highest BCUT2D eigenvalue weighted by Crippen LogP contribution is 2.36. The summed E-state index contributed by atoms with van der Waals surface area (Å²) in [6, 6.07) is 15.7. The predicted octanol–water partition coefficient (Wildman–Crippen LogP) is 5.08. The Morgan fingerprint density at radius 3 is 1.91 bits per heavy atom. The number of sulfonamides is 1. The molecule has 0 radical (unpaired) electrons. The number of amides is 1. The molecule has 256 valence electrons. The Bertz CT molecular complexity index is 1490. The van der Waals surface area contributed by atoms with Crippen molar-refractivity contribution in [1.82, 2.24) is 9.62 Å². The van der Waals surface area contributed by atoms with Crippen LogP contribution >= 0.6 is 0 Å². The first-order valence-corrected chi connectivity index (χ1v) is 17.8. The maximum atomic E-state index is 13.8. The van der Waals surface area contributed by atoms with E-state index in [0.717, 1.165) is 12.8 Å². The van der Waals surface area contributed by atoms with Gasteiger partial charge in [-0.25, -0.2) is 17.2 Å². The van der Waals surface area contributed by atoms with Crippen molar-refractivity contribution in [2.75, 3.05) is 13.2 Å². The molecule has 0 unspecified atom stereocenters. The Morgan fingerprint density at radius 2 is 1.45 bits per heavy atom. The van der Waals surface area contributed by atoms with Crippen molar-refractivity contribution in [3.8, 4) is 0 Å². The average Bonchev–Trinajstić information content (AvgIpc) is 3.91. The van der Waals surface area contributed by atoms with Gasteiger partial charge in [0.05, 0.1) is 24.2 Å². The summed E-state index contributed by atoms with van der Waals surface area (Å²) in [5, 5.41) is 22.9. The van der Waals surface area contributed by atoms with Crippen molar-refractivity contribution in [2.45, 2.75) is 87.9 Å². The highest BCUT2D eigenvalue weighted by atomic mass is 32.2. The zero-order valence-electron chi connectivity index (χ0n) is 27.1. The second-order valence-electron chi connectivity index (χ2n) is 12.9. The van der Waals surface area contributed by atoms with Crippen LogP contribution in [0.2, 0.25) is 0 Å². The Hall–Kier alpha value is -3.22. The molecule has 8 nitrogen and oxygen atoms in total. The first kappa shape index (κ1) is 36.6. The van der Waals surface area contributed by atoms with Crippen molar-refractivity contribution in [3.63, 3.8) is 0 Å². The van der Waals surface area contributed by atoms with E-state index >= 15 is 0 Å². The number of nitrogens with two attached hydrogens (primary N) is 1. The van der Waals surface area contributed by atoms with Crippen LogP contribution in [-0.2, 0) is 21.4 Å². The van der Waals surface area contributed by atoms with E-state index in [1.807, 2.05) is 13.8 Å². The van der Waals surface area contributed by atoms with Gasteiger partial charge < -0.3 is 21.3 Å². The summed E-state index contributed by atoms with van der Waals surface area (Å²) in [4.78, 5) is 13.7. The number of rotatable bonds is 18. The van der Waals surface area contributed by atoms with Crippen molar-refractivity contribution in [3.05, 3.63) is 101 Å². The molecule has 1 aliphatic carbocycles. The third-order valence-electron chi connectivity index (χ3n) is 8.95. The standard InChI is InChI=1S/C36H47F2N3O5S/c1-24(2)20-21-41(47(45,46)32-18-6-25(22-42)7-19-32)31(23-43)4-3-5-33(26-8-9-26)40-36(44)35(39)34(27-10-14-29(37)15-11-27)28-12-16-30(38)17-13-28/h6-7,10-19,24,26,31,33-35,42-43H,3-5,8-9,20-23,39H2,1-2H3,(H,40,44)/t31-,33+,35-/m0/s1. The lowest BCUT2D eigenvalue weighted by Crippen LogP contribution is -2.49. The maximum Gasteiger partial charge on any atom is 0.243 e. The predicted molar refractivity (Wildman–Crippen MR) is 178 cm³/mol. The third-order valence-corrected chi connectivity index (χ3v) is 10.9. The molecule has 1 aliphatic rings. The molecule has 47 heavy (non-hydrogen) atoms. The van der Waals surface area contributed by atoms with Crippen LogP contribution in [0, 0.1) is 23.5 Å². The van der Waals surface area contributed by atoms with Gasteiger partial charge in [-0.1, -0.05) is 50.2 Å². The zero-order valence-corrected chi connectivity index (χ0v) is 27.9. The summed E-state index contributed by atoms with van der Waals surface area (Å²) in [6.45, 7) is 3.73. The molecule has 4 rings (SSSR count). The number of carbonyl (C=O) groups is 1. The molecule has 0 saturated heterocycles. The average molecular weight is 672 g/mol. The first-order valence-electron chi connectivity index (χ1n) is 16.3. The fourth-order valence-corrected chi connectivity index (χ4v) is 7.65. The molecule has 0 bridgehead atoms. The van der Waals surface area contributed by atoms with Crippen molar-refractivity contribution in [2.24, 2.45) is 17.6 Å². The van der Waals surface area contributed by atoms with Gasteiger partial charge in [-0.2, -0.15) is 4.31 Å². The number of halogens is 2. The first-order chi connectivity index (χ1) is 22.4. The summed E-state index contributed by atoms with van der Waals surface area (Å²) in [7, 11) is -3.93. The van der Waals surface area contributed by atoms with Crippen LogP contribution in [0.5, 0.6) is 0 Å². The number of aliphatic hydroxyl groups is 2. The van der Waals surface area contributed by atoms with Crippen LogP contribution in [0.3, 0.4) is 0 Å². The molecule has 11 heteroatoms. The quantitative estimate of drug-likeness (QED) is 0.149. The number of nitrogens with one attached hydrogen (secondary N) is 1. The van der Waals surface area contributed by atoms with Gasteiger partial charge >= 0.3 is 0 Å². The van der Waals surface area contributed by atoms with E-state index < -0.39 is 39.7 Å². The lowest BCUT2D eigenvalue weighted by molar-refractivity contribution is -0.123. The molecule has 3 aromatic carbocycles. The molecular weight excluding hydrogens is 624 g/mol. The van der Waals surface area contributed by atoms with Gasteiger partial charge in [0, 0.05) is 24.5 Å². The van der Waals surface area contributed by atoms with Gasteiger partial charge in [-0.3, -0.25) is 4.79 Å². The van der Waals surface area contributed by atoms with Crippen LogP contribution in [0.25, 0.3) is 0 Å². The van der Waals surface area contributed by atoms with E-state index in [1.54, 1.807) is 36.4 Å². The van der Waals surface area contributed by atoms with Crippen molar-refractivity contribution >= 4 is 15.9 Å². The van der Waals surface area contributed by atoms with Gasteiger partial charge in [-0.15, -0.1) is 0 Å². The van der Waals surface area contributed by atoms with E-state index in [1.165, 1.54) is 40.7 Å². The SMILES string of the molecule is CC(C)CCN([C@H](CO)CCC[C@@H](NC(=O)[C@@H](N)C(c1ccc(F)cc1)c1ccc(F)cc1)C1CC1)S(=O)(=O)c1ccc(CO)cc1. The lowest BCUT2D eigenvalue weighted by Gasteiger charge is -2.31. The second kappa shape index (κ2) is 16.7. The van der Waals surface area contributed by atoms with Crippen LogP contribution in [0.15, 0.2) is 77.7 Å². The number of benzene rings is 3. The van der Waals surface area contributed by atoms with Gasteiger partial charge in [0.15, 0.2) is 0 Å². The van der Waals surface area contributed by atoms with Gasteiger partial charge in [0.1, 0.15) is 11.6 Å². The summed E-state index contributed by atoms with van der Waals surface area (Å²) in [6.07, 6.45) is 4.02. The molecule has 0 aromatic heterocycles. The summed E-state index contributed by atoms with van der Waals surface area (Å²) in [5.74, 6) is -1.35. The van der Waals surface area contributed by atoms with Gasteiger partial charge in [-0.05, 0) is 103 Å². The fourth-order valence-electron chi connectivity index (χ4n) is 5.99. The molecule has 5 N–H and O–H groups in total. The van der Waals surface area contributed by atoms with E-state index in [0.29, 0.717) is 42.4 Å². The Balaban J connectivity index is 1.46. The summed E-state index contributed by atoms with van der Waals surface area (Å²) in [5.41, 5.74) is 8.43. The topological polar surface area (TPSA) is 133 Å². The third kappa shape index (κ3) is 9.90. The van der Waals surface area contributed by atoms with E-state index in [2.05, 4.69) is 5.32 Å². The molecule has 3 atom stereocenters. The van der Waals surface area contributed by atoms with E-state index in [9.17, 15) is 32.2 Å². The number of nitrogens with zero attached hydrogens (tertiary/aromatic N) is 1. The number of aliphatic hydroxyl groups excluding tert-OH is 2. The monoisotopic (exact) mass is 671 g/mol. The van der Waals surface area contributed by atoms with E-state index in [-0.39, 0.29) is 48.4 Å². The van der Waals surface area contributed by atoms with E-state index in [4.69, 9.17) is 5.73 Å². The molecule has 0 heterocycles. The number of carbonyl (C=O) groups excluding carboxylic acids is 1. The molecule has 1 saturated carbocycles. The van der Waals surface area contributed by atoms with Crippen molar-refractivity contribution in [1.29, 1.82) is 0 Å². The van der Waals surface area contributed by atoms with Gasteiger partial charge in [0.25, 0.3) is 0 Å². The normalized spacial score (nSPS) is 15.6. The Morgan fingerprint density at radius 1 is 0.894 bits per heavy atom. The molecule has 3 aromatic rings. The second-order valence-corrected chi connectivity index (χ2v) is 14.8. The lowest BCUT2D eigenvalue weighted by atomic mass is 9.84. The maximum absolute atomic E-state index is 13.8. The minimum absolute atomic E-state index is 0.103. The Kier molecular flexibility index (Phi) is 13.0. The number of hydrogen-bond acceptors (Lipinski definition) is 6. The molecule has 0 aliphatic heterocycles. The zero-order chi connectivity index (χ0) is 34.1. The number of hydrogen-bond donors (Lipinski definition) is 4. The minimum atomic E-state index is -3.93. The van der Waals surface area contributed by atoms with Gasteiger partial charge in [0.2, 0.25) is 15.9 Å². The molecule has 1 fully saturated rings. The van der Waals surface area contributed by atoms with Crippen LogP contribution in [0.1, 0.15) is 75.0 Å². The minimum Gasteiger partial charge on any atom is -0.395 e. The van der Waals surface area contributed by atoms with Crippen molar-refractivity contribution < 1.29 is 32.2 Å². The van der Waals surface area contributed by atoms with Crippen LogP contribution in [0.4, 0.5) is 8.78 Å². The largest absolute Gasteiger partial charge is 0.395 e. The Labute approximate surface area is 277 Å². The van der Waals surface area contributed by atoms with Crippen LogP contribution < -0.4 is 11.1 Å². The molecule has 1 amide bonds. The summed E-state index contributed by atoms with van der Waals surface area (Å²) >= 11 is 0. The fraction of sp³-hybridized carbons (Fsp3) is 0.472. The smallest absolute Gasteiger partial charge is 0.243 e. The summed E-state index contributed by atoms with van der Waals surface area (Å²) < 4.78 is 56.3.